The van der Waals surface area contributed by atoms with Crippen LogP contribution in [0.2, 0.25) is 0 Å². The molecule has 0 atom stereocenters. The van der Waals surface area contributed by atoms with Crippen molar-refractivity contribution in [2.45, 2.75) is 13.8 Å². The molecule has 34 heavy (non-hydrogen) atoms. The molecule has 0 saturated heterocycles. The highest BCUT2D eigenvalue weighted by Crippen LogP contribution is 2.31. The van der Waals surface area contributed by atoms with Gasteiger partial charge in [-0.3, -0.25) is 0 Å². The molecule has 0 bridgehead atoms. The Hall–Kier alpha value is -4.39. The first-order valence-corrected chi connectivity index (χ1v) is 10.7. The molecule has 3 aromatic rings. The number of methoxy groups -OCH3 is 1. The average molecular weight is 457 g/mol. The topological polar surface area (TPSA) is 83.4 Å². The van der Waals surface area contributed by atoms with E-state index in [9.17, 15) is 9.59 Å². The van der Waals surface area contributed by atoms with Crippen LogP contribution in [0.3, 0.4) is 0 Å². The minimum Gasteiger partial charge on any atom is -0.497 e. The Kier molecular flexibility index (Phi) is 6.73. The first kappa shape index (κ1) is 22.8. The quantitative estimate of drug-likeness (QED) is 0.283. The number of hydrogen-bond donors (Lipinski definition) is 0. The smallest absolute Gasteiger partial charge is 0.363 e. The first-order valence-electron chi connectivity index (χ1n) is 10.7. The second-order valence-electron chi connectivity index (χ2n) is 7.47. The maximum Gasteiger partial charge on any atom is 0.363 e. The number of carbonyl (C=O) groups is 2. The van der Waals surface area contributed by atoms with Crippen molar-refractivity contribution in [3.8, 4) is 17.2 Å². The molecule has 0 radical (unpaired) electrons. The highest BCUT2D eigenvalue weighted by molar-refractivity contribution is 6.13. The highest BCUT2D eigenvalue weighted by atomic mass is 16.6. The minimum absolute atomic E-state index is 0.143. The largest absolute Gasteiger partial charge is 0.497 e. The second kappa shape index (κ2) is 10.0. The molecule has 172 valence electrons. The summed E-state index contributed by atoms with van der Waals surface area (Å²) in [5.41, 5.74) is 2.82. The number of nitrogens with zero attached hydrogens (tertiary/aromatic N) is 1. The van der Waals surface area contributed by atoms with Crippen molar-refractivity contribution in [1.82, 2.24) is 0 Å². The van der Waals surface area contributed by atoms with Gasteiger partial charge in [-0.05, 0) is 68.0 Å². The summed E-state index contributed by atoms with van der Waals surface area (Å²) in [7, 11) is 1.56. The number of rotatable bonds is 7. The van der Waals surface area contributed by atoms with E-state index >= 15 is 0 Å². The van der Waals surface area contributed by atoms with Crippen LogP contribution < -0.4 is 14.2 Å². The zero-order valence-electron chi connectivity index (χ0n) is 19.0. The average Bonchev–Trinajstić information content (AvgIpc) is 3.21. The molecular formula is C27H23NO6. The lowest BCUT2D eigenvalue weighted by Crippen LogP contribution is -2.10. The van der Waals surface area contributed by atoms with E-state index in [2.05, 4.69) is 4.99 Å². The van der Waals surface area contributed by atoms with Crippen molar-refractivity contribution < 1.29 is 28.5 Å². The van der Waals surface area contributed by atoms with Gasteiger partial charge in [0.05, 0.1) is 19.3 Å². The molecule has 0 N–H and O–H groups in total. The summed E-state index contributed by atoms with van der Waals surface area (Å²) in [5, 5.41) is 0. The molecule has 0 aromatic heterocycles. The number of esters is 2. The summed E-state index contributed by atoms with van der Waals surface area (Å²) < 4.78 is 21.8. The lowest BCUT2D eigenvalue weighted by atomic mass is 10.1. The molecule has 0 saturated carbocycles. The fourth-order valence-electron chi connectivity index (χ4n) is 3.34. The molecule has 4 rings (SSSR count). The highest BCUT2D eigenvalue weighted by Gasteiger charge is 2.24. The Morgan fingerprint density at radius 3 is 2.62 bits per heavy atom. The molecule has 0 fully saturated rings. The van der Waals surface area contributed by atoms with Gasteiger partial charge in [-0.15, -0.1) is 0 Å². The Morgan fingerprint density at radius 2 is 1.85 bits per heavy atom. The number of aliphatic imine (C=N–C) groups is 1. The van der Waals surface area contributed by atoms with Crippen molar-refractivity contribution in [2.75, 3.05) is 13.7 Å². The van der Waals surface area contributed by atoms with E-state index in [-0.39, 0.29) is 17.3 Å². The maximum absolute atomic E-state index is 12.6. The molecule has 0 unspecified atom stereocenters. The van der Waals surface area contributed by atoms with Gasteiger partial charge in [-0.2, -0.15) is 0 Å². The molecule has 0 spiro atoms. The van der Waals surface area contributed by atoms with E-state index in [1.807, 2.05) is 19.9 Å². The third-order valence-corrected chi connectivity index (χ3v) is 4.96. The fraction of sp³-hybridized carbons (Fsp3) is 0.148. The lowest BCUT2D eigenvalue weighted by Gasteiger charge is -2.11. The van der Waals surface area contributed by atoms with Crippen LogP contribution in [0.4, 0.5) is 0 Å². The van der Waals surface area contributed by atoms with Crippen molar-refractivity contribution in [2.24, 2.45) is 4.99 Å². The van der Waals surface area contributed by atoms with Crippen LogP contribution in [-0.4, -0.2) is 31.6 Å². The molecule has 1 aliphatic heterocycles. The third kappa shape index (κ3) is 5.15. The molecule has 0 amide bonds. The van der Waals surface area contributed by atoms with E-state index in [1.54, 1.807) is 73.8 Å². The van der Waals surface area contributed by atoms with E-state index in [0.717, 1.165) is 5.56 Å². The summed E-state index contributed by atoms with van der Waals surface area (Å²) >= 11 is 0. The number of ether oxygens (including phenoxy) is 4. The van der Waals surface area contributed by atoms with Crippen LogP contribution in [0.5, 0.6) is 17.2 Å². The first-order chi connectivity index (χ1) is 16.5. The van der Waals surface area contributed by atoms with Crippen molar-refractivity contribution in [1.29, 1.82) is 0 Å². The Balaban J connectivity index is 1.59. The van der Waals surface area contributed by atoms with Gasteiger partial charge in [0.1, 0.15) is 5.75 Å². The van der Waals surface area contributed by atoms with Gasteiger partial charge in [0.2, 0.25) is 5.90 Å². The van der Waals surface area contributed by atoms with E-state index in [1.165, 1.54) is 0 Å². The van der Waals surface area contributed by atoms with Gasteiger partial charge in [0.15, 0.2) is 17.2 Å². The second-order valence-corrected chi connectivity index (χ2v) is 7.47. The van der Waals surface area contributed by atoms with Crippen molar-refractivity contribution >= 4 is 23.9 Å². The molecule has 1 aliphatic rings. The SMILES string of the molecule is CCOc1cc(/C=C2\N=C(c3cccc(OC)c3)OC2=O)ccc1OC(=O)c1cccc(C)c1. The van der Waals surface area contributed by atoms with Gasteiger partial charge >= 0.3 is 11.9 Å². The Bertz CT molecular complexity index is 1310. The van der Waals surface area contributed by atoms with Crippen LogP contribution in [-0.2, 0) is 9.53 Å². The van der Waals surface area contributed by atoms with E-state index < -0.39 is 11.9 Å². The minimum atomic E-state index is -0.564. The summed E-state index contributed by atoms with van der Waals surface area (Å²) in [4.78, 5) is 29.3. The van der Waals surface area contributed by atoms with Crippen LogP contribution in [0, 0.1) is 6.92 Å². The fourth-order valence-corrected chi connectivity index (χ4v) is 3.34. The van der Waals surface area contributed by atoms with Crippen LogP contribution in [0.15, 0.2) is 77.4 Å². The predicted octanol–water partition coefficient (Wildman–Crippen LogP) is 4.97. The van der Waals surface area contributed by atoms with Gasteiger partial charge in [0, 0.05) is 5.56 Å². The molecule has 7 heteroatoms. The molecular weight excluding hydrogens is 434 g/mol. The summed E-state index contributed by atoms with van der Waals surface area (Å²) in [5.74, 6) is 0.439. The normalized spacial score (nSPS) is 13.9. The standard InChI is InChI=1S/C27H23NO6/c1-4-32-24-15-18(11-12-23(24)33-26(29)20-9-5-7-17(2)13-20)14-22-27(30)34-25(28-22)19-8-6-10-21(16-19)31-3/h5-16H,4H2,1-3H3/b22-14-. The van der Waals surface area contributed by atoms with Crippen molar-refractivity contribution in [3.63, 3.8) is 0 Å². The number of benzene rings is 3. The van der Waals surface area contributed by atoms with E-state index in [0.29, 0.717) is 34.8 Å². The summed E-state index contributed by atoms with van der Waals surface area (Å²) in [6, 6.07) is 19.3. The Labute approximate surface area is 197 Å². The zero-order valence-corrected chi connectivity index (χ0v) is 19.0. The van der Waals surface area contributed by atoms with Gasteiger partial charge < -0.3 is 18.9 Å². The van der Waals surface area contributed by atoms with Gasteiger partial charge in [-0.1, -0.05) is 29.8 Å². The third-order valence-electron chi connectivity index (χ3n) is 4.96. The van der Waals surface area contributed by atoms with Crippen molar-refractivity contribution in [3.05, 3.63) is 94.7 Å². The number of carbonyl (C=O) groups excluding carboxylic acids is 2. The zero-order chi connectivity index (χ0) is 24.1. The monoisotopic (exact) mass is 457 g/mol. The maximum atomic E-state index is 12.6. The summed E-state index contributed by atoms with van der Waals surface area (Å²) in [6.07, 6.45) is 1.59. The number of cyclic esters (lactones) is 1. The molecule has 1 heterocycles. The van der Waals surface area contributed by atoms with E-state index in [4.69, 9.17) is 18.9 Å². The number of hydrogen-bond acceptors (Lipinski definition) is 7. The molecule has 0 aliphatic carbocycles. The van der Waals surface area contributed by atoms with Gasteiger partial charge in [-0.25, -0.2) is 14.6 Å². The van der Waals surface area contributed by atoms with Crippen LogP contribution in [0.1, 0.15) is 34.0 Å². The predicted molar refractivity (Wildman–Crippen MR) is 127 cm³/mol. The van der Waals surface area contributed by atoms with Crippen LogP contribution in [0.25, 0.3) is 6.08 Å². The Morgan fingerprint density at radius 1 is 1.03 bits per heavy atom. The summed E-state index contributed by atoms with van der Waals surface area (Å²) in [6.45, 7) is 4.10. The lowest BCUT2D eigenvalue weighted by molar-refractivity contribution is -0.129. The number of aryl methyl sites for hydroxylation is 1. The molecule has 3 aromatic carbocycles. The molecule has 7 nitrogen and oxygen atoms in total. The van der Waals surface area contributed by atoms with Gasteiger partial charge in [0.25, 0.3) is 0 Å². The van der Waals surface area contributed by atoms with Crippen LogP contribution >= 0.6 is 0 Å².